The molecule has 1 aromatic rings. The molecule has 0 saturated carbocycles. The minimum atomic E-state index is -0.176. The van der Waals surface area contributed by atoms with Gasteiger partial charge in [0.15, 0.2) is 0 Å². The number of amides is 1. The van der Waals surface area contributed by atoms with Crippen LogP contribution in [0, 0.1) is 5.41 Å². The van der Waals surface area contributed by atoms with Crippen molar-refractivity contribution in [2.24, 2.45) is 5.41 Å². The summed E-state index contributed by atoms with van der Waals surface area (Å²) in [6.45, 7) is 6.71. The van der Waals surface area contributed by atoms with Crippen LogP contribution in [-0.2, 0) is 17.8 Å². The van der Waals surface area contributed by atoms with Crippen molar-refractivity contribution >= 4 is 17.2 Å². The first-order valence-corrected chi connectivity index (χ1v) is 7.58. The standard InChI is InChI=1S/C14H22N2OS/c1-3-11-5-6-12(18-11)9-16-13(17)14(4-2)7-8-15-10-14/h5-6,15H,3-4,7-10H2,1-2H3,(H,16,17). The third-order valence-electron chi connectivity index (χ3n) is 3.89. The van der Waals surface area contributed by atoms with Gasteiger partial charge in [-0.25, -0.2) is 0 Å². The smallest absolute Gasteiger partial charge is 0.227 e. The number of aryl methyl sites for hydroxylation is 1. The van der Waals surface area contributed by atoms with Crippen LogP contribution < -0.4 is 10.6 Å². The molecule has 0 radical (unpaired) electrons. The molecule has 0 bridgehead atoms. The summed E-state index contributed by atoms with van der Waals surface area (Å²) < 4.78 is 0. The average Bonchev–Trinajstić information content (AvgIpc) is 3.05. The number of carbonyl (C=O) groups excluding carboxylic acids is 1. The van der Waals surface area contributed by atoms with E-state index >= 15 is 0 Å². The number of nitrogens with one attached hydrogen (secondary N) is 2. The minimum Gasteiger partial charge on any atom is -0.351 e. The van der Waals surface area contributed by atoms with Gasteiger partial charge in [-0.3, -0.25) is 4.79 Å². The molecule has 0 aromatic carbocycles. The zero-order valence-corrected chi connectivity index (χ0v) is 12.0. The lowest BCUT2D eigenvalue weighted by Gasteiger charge is -2.25. The Hall–Kier alpha value is -0.870. The maximum absolute atomic E-state index is 12.3. The molecule has 0 spiro atoms. The van der Waals surface area contributed by atoms with Crippen LogP contribution in [0.1, 0.15) is 36.4 Å². The Morgan fingerprint density at radius 2 is 2.22 bits per heavy atom. The Morgan fingerprint density at radius 1 is 1.44 bits per heavy atom. The van der Waals surface area contributed by atoms with E-state index in [-0.39, 0.29) is 11.3 Å². The normalized spacial score (nSPS) is 23.2. The van der Waals surface area contributed by atoms with Crippen molar-refractivity contribution in [3.05, 3.63) is 21.9 Å². The molecule has 4 heteroatoms. The first-order valence-electron chi connectivity index (χ1n) is 6.77. The lowest BCUT2D eigenvalue weighted by atomic mass is 9.83. The van der Waals surface area contributed by atoms with Gasteiger partial charge in [0.05, 0.1) is 12.0 Å². The molecule has 2 heterocycles. The van der Waals surface area contributed by atoms with Gasteiger partial charge in [0, 0.05) is 16.3 Å². The van der Waals surface area contributed by atoms with Crippen LogP contribution in [-0.4, -0.2) is 19.0 Å². The van der Waals surface area contributed by atoms with Crippen molar-refractivity contribution in [2.45, 2.75) is 39.7 Å². The third kappa shape index (κ3) is 2.75. The van der Waals surface area contributed by atoms with E-state index in [0.29, 0.717) is 6.54 Å². The van der Waals surface area contributed by atoms with Crippen molar-refractivity contribution < 1.29 is 4.79 Å². The number of carbonyl (C=O) groups is 1. The fraction of sp³-hybridized carbons (Fsp3) is 0.643. The second kappa shape index (κ2) is 5.85. The van der Waals surface area contributed by atoms with Gasteiger partial charge in [0.25, 0.3) is 0 Å². The fourth-order valence-electron chi connectivity index (χ4n) is 2.46. The molecule has 2 N–H and O–H groups in total. The van der Waals surface area contributed by atoms with Crippen LogP contribution in [0.25, 0.3) is 0 Å². The molecular weight excluding hydrogens is 244 g/mol. The molecule has 2 rings (SSSR count). The quantitative estimate of drug-likeness (QED) is 0.858. The summed E-state index contributed by atoms with van der Waals surface area (Å²) in [5.41, 5.74) is -0.176. The van der Waals surface area contributed by atoms with Crippen molar-refractivity contribution in [1.82, 2.24) is 10.6 Å². The zero-order valence-electron chi connectivity index (χ0n) is 11.2. The van der Waals surface area contributed by atoms with Gasteiger partial charge in [0.1, 0.15) is 0 Å². The number of hydrogen-bond acceptors (Lipinski definition) is 3. The van der Waals surface area contributed by atoms with E-state index in [1.54, 1.807) is 11.3 Å². The van der Waals surface area contributed by atoms with E-state index in [9.17, 15) is 4.79 Å². The zero-order chi connectivity index (χ0) is 13.0. The maximum atomic E-state index is 12.3. The van der Waals surface area contributed by atoms with Crippen LogP contribution in [0.4, 0.5) is 0 Å². The Kier molecular flexibility index (Phi) is 4.40. The Bertz CT molecular complexity index is 408. The van der Waals surface area contributed by atoms with E-state index in [1.165, 1.54) is 9.75 Å². The summed E-state index contributed by atoms with van der Waals surface area (Å²) in [4.78, 5) is 14.9. The number of hydrogen-bond donors (Lipinski definition) is 2. The monoisotopic (exact) mass is 266 g/mol. The summed E-state index contributed by atoms with van der Waals surface area (Å²) in [6.07, 6.45) is 2.94. The molecule has 1 atom stereocenters. The number of rotatable bonds is 5. The van der Waals surface area contributed by atoms with Gasteiger partial charge < -0.3 is 10.6 Å². The van der Waals surface area contributed by atoms with Crippen LogP contribution in [0.15, 0.2) is 12.1 Å². The molecule has 1 aliphatic heterocycles. The van der Waals surface area contributed by atoms with E-state index in [1.807, 2.05) is 0 Å². The SMILES string of the molecule is CCc1ccc(CNC(=O)C2(CC)CCNC2)s1. The third-order valence-corrected chi connectivity index (χ3v) is 5.12. The highest BCUT2D eigenvalue weighted by Gasteiger charge is 2.39. The van der Waals surface area contributed by atoms with Gasteiger partial charge in [-0.15, -0.1) is 11.3 Å². The van der Waals surface area contributed by atoms with Crippen LogP contribution >= 0.6 is 11.3 Å². The second-order valence-electron chi connectivity index (χ2n) is 4.96. The number of thiophene rings is 1. The van der Waals surface area contributed by atoms with Gasteiger partial charge >= 0.3 is 0 Å². The highest BCUT2D eigenvalue weighted by molar-refractivity contribution is 7.11. The predicted octanol–water partition coefficient (Wildman–Crippen LogP) is 2.32. The lowest BCUT2D eigenvalue weighted by Crippen LogP contribution is -2.41. The average molecular weight is 266 g/mol. The summed E-state index contributed by atoms with van der Waals surface area (Å²) >= 11 is 1.79. The molecule has 0 aliphatic carbocycles. The Morgan fingerprint density at radius 3 is 2.78 bits per heavy atom. The van der Waals surface area contributed by atoms with Crippen molar-refractivity contribution in [2.75, 3.05) is 13.1 Å². The molecule has 1 unspecified atom stereocenters. The molecule has 1 amide bonds. The highest BCUT2D eigenvalue weighted by Crippen LogP contribution is 2.29. The summed E-state index contributed by atoms with van der Waals surface area (Å²) in [5, 5.41) is 6.40. The van der Waals surface area contributed by atoms with Crippen molar-refractivity contribution in [1.29, 1.82) is 0 Å². The highest BCUT2D eigenvalue weighted by atomic mass is 32.1. The maximum Gasteiger partial charge on any atom is 0.227 e. The largest absolute Gasteiger partial charge is 0.351 e. The molecule has 1 fully saturated rings. The molecule has 1 saturated heterocycles. The van der Waals surface area contributed by atoms with Crippen LogP contribution in [0.5, 0.6) is 0 Å². The van der Waals surface area contributed by atoms with Crippen molar-refractivity contribution in [3.63, 3.8) is 0 Å². The summed E-state index contributed by atoms with van der Waals surface area (Å²) in [5.74, 6) is 0.210. The molecular formula is C14H22N2OS. The first kappa shape index (κ1) is 13.6. The Labute approximate surface area is 113 Å². The summed E-state index contributed by atoms with van der Waals surface area (Å²) in [6, 6.07) is 4.27. The van der Waals surface area contributed by atoms with Gasteiger partial charge in [0.2, 0.25) is 5.91 Å². The lowest BCUT2D eigenvalue weighted by molar-refractivity contribution is -0.130. The van der Waals surface area contributed by atoms with E-state index in [2.05, 4.69) is 36.6 Å². The first-order chi connectivity index (χ1) is 8.70. The van der Waals surface area contributed by atoms with Crippen LogP contribution in [0.3, 0.4) is 0 Å². The molecule has 1 aromatic heterocycles. The van der Waals surface area contributed by atoms with E-state index in [0.717, 1.165) is 32.4 Å². The second-order valence-corrected chi connectivity index (χ2v) is 6.22. The Balaban J connectivity index is 1.91. The molecule has 18 heavy (non-hydrogen) atoms. The minimum absolute atomic E-state index is 0.176. The fourth-order valence-corrected chi connectivity index (χ4v) is 3.36. The molecule has 100 valence electrons. The topological polar surface area (TPSA) is 41.1 Å². The summed E-state index contributed by atoms with van der Waals surface area (Å²) in [7, 11) is 0. The van der Waals surface area contributed by atoms with Gasteiger partial charge in [-0.05, 0) is 37.9 Å². The van der Waals surface area contributed by atoms with E-state index < -0.39 is 0 Å². The van der Waals surface area contributed by atoms with Crippen molar-refractivity contribution in [3.8, 4) is 0 Å². The van der Waals surface area contributed by atoms with Crippen LogP contribution in [0.2, 0.25) is 0 Å². The van der Waals surface area contributed by atoms with Gasteiger partial charge in [-0.2, -0.15) is 0 Å². The molecule has 1 aliphatic rings. The van der Waals surface area contributed by atoms with E-state index in [4.69, 9.17) is 0 Å². The van der Waals surface area contributed by atoms with Gasteiger partial charge in [-0.1, -0.05) is 13.8 Å². The molecule has 3 nitrogen and oxygen atoms in total. The predicted molar refractivity (Wildman–Crippen MR) is 75.8 cm³/mol.